The number of rotatable bonds is 5. The van der Waals surface area contributed by atoms with Crippen molar-refractivity contribution in [1.82, 2.24) is 9.62 Å². The molecule has 1 fully saturated rings. The Morgan fingerprint density at radius 1 is 1.20 bits per heavy atom. The summed E-state index contributed by atoms with van der Waals surface area (Å²) < 4.78 is 27.3. The summed E-state index contributed by atoms with van der Waals surface area (Å²) in [5.74, 6) is 0. The maximum atomic E-state index is 12.8. The average Bonchev–Trinajstić information content (AvgIpc) is 2.84. The molecule has 0 amide bonds. The predicted molar refractivity (Wildman–Crippen MR) is 83.5 cm³/mol. The minimum Gasteiger partial charge on any atom is -0.312 e. The molecule has 0 aliphatic carbocycles. The van der Waals surface area contributed by atoms with Crippen LogP contribution < -0.4 is 5.32 Å². The lowest BCUT2D eigenvalue weighted by Crippen LogP contribution is -2.34. The lowest BCUT2D eigenvalue weighted by Gasteiger charge is -2.24. The van der Waals surface area contributed by atoms with E-state index in [0.29, 0.717) is 24.5 Å². The Morgan fingerprint density at radius 3 is 2.50 bits per heavy atom. The highest BCUT2D eigenvalue weighted by Gasteiger charge is 2.27. The molecule has 1 aliphatic rings. The molecule has 0 atom stereocenters. The largest absolute Gasteiger partial charge is 0.312 e. The first-order chi connectivity index (χ1) is 9.66. The first kappa shape index (κ1) is 15.9. The van der Waals surface area contributed by atoms with Gasteiger partial charge in [-0.15, -0.1) is 11.3 Å². The summed E-state index contributed by atoms with van der Waals surface area (Å²) in [5, 5.41) is 5.09. The third-order valence-electron chi connectivity index (χ3n) is 3.67. The fraction of sp³-hybridized carbons (Fsp3) is 0.714. The Morgan fingerprint density at radius 2 is 1.85 bits per heavy atom. The van der Waals surface area contributed by atoms with Crippen molar-refractivity contribution in [3.05, 3.63) is 16.3 Å². The highest BCUT2D eigenvalue weighted by atomic mass is 32.2. The van der Waals surface area contributed by atoms with Crippen molar-refractivity contribution in [1.29, 1.82) is 0 Å². The Balaban J connectivity index is 2.17. The van der Waals surface area contributed by atoms with Gasteiger partial charge in [-0.05, 0) is 30.8 Å². The summed E-state index contributed by atoms with van der Waals surface area (Å²) in [4.78, 5) is 1.43. The molecule has 114 valence electrons. The van der Waals surface area contributed by atoms with Crippen LogP contribution in [0, 0.1) is 0 Å². The van der Waals surface area contributed by atoms with E-state index in [0.717, 1.165) is 37.1 Å². The van der Waals surface area contributed by atoms with E-state index in [1.54, 1.807) is 10.4 Å². The van der Waals surface area contributed by atoms with E-state index in [9.17, 15) is 8.42 Å². The predicted octanol–water partition coefficient (Wildman–Crippen LogP) is 2.81. The van der Waals surface area contributed by atoms with E-state index in [2.05, 4.69) is 5.32 Å². The van der Waals surface area contributed by atoms with Gasteiger partial charge in [-0.25, -0.2) is 8.42 Å². The molecule has 20 heavy (non-hydrogen) atoms. The fourth-order valence-electron chi connectivity index (χ4n) is 2.52. The monoisotopic (exact) mass is 316 g/mol. The van der Waals surface area contributed by atoms with Crippen molar-refractivity contribution >= 4 is 21.4 Å². The standard InChI is InChI=1S/C14H24N2O2S2/c1-2-15-12-13-14(8-11-19-13)20(17,18)16-9-6-4-3-5-7-10-16/h8,11,15H,2-7,9-10,12H2,1H3. The van der Waals surface area contributed by atoms with Crippen LogP contribution in [0.1, 0.15) is 43.9 Å². The normalized spacial score (nSPS) is 18.6. The molecule has 0 saturated carbocycles. The smallest absolute Gasteiger partial charge is 0.244 e. The Kier molecular flexibility index (Phi) is 6.01. The number of hydrogen-bond donors (Lipinski definition) is 1. The number of thiophene rings is 1. The van der Waals surface area contributed by atoms with Crippen LogP contribution in [0.15, 0.2) is 16.3 Å². The van der Waals surface area contributed by atoms with Crippen LogP contribution in [0.2, 0.25) is 0 Å². The second-order valence-corrected chi connectivity index (χ2v) is 8.07. The molecule has 1 N–H and O–H groups in total. The molecule has 1 aliphatic heterocycles. The van der Waals surface area contributed by atoms with Gasteiger partial charge in [-0.3, -0.25) is 0 Å². The Hall–Kier alpha value is -0.430. The second kappa shape index (κ2) is 7.54. The summed E-state index contributed by atoms with van der Waals surface area (Å²) in [5.41, 5.74) is 0. The van der Waals surface area contributed by atoms with E-state index in [4.69, 9.17) is 0 Å². The van der Waals surface area contributed by atoms with Crippen molar-refractivity contribution in [2.75, 3.05) is 19.6 Å². The van der Waals surface area contributed by atoms with Gasteiger partial charge in [-0.1, -0.05) is 26.2 Å². The molecule has 6 heteroatoms. The van der Waals surface area contributed by atoms with Crippen LogP contribution in [0.25, 0.3) is 0 Å². The zero-order chi connectivity index (χ0) is 14.4. The van der Waals surface area contributed by atoms with Gasteiger partial charge in [0.05, 0.1) is 4.90 Å². The van der Waals surface area contributed by atoms with Crippen molar-refractivity contribution in [2.45, 2.75) is 50.5 Å². The topological polar surface area (TPSA) is 49.4 Å². The Labute approximate surface area is 126 Å². The number of nitrogens with one attached hydrogen (secondary N) is 1. The zero-order valence-electron chi connectivity index (χ0n) is 12.1. The molecule has 1 saturated heterocycles. The molecule has 0 aromatic carbocycles. The number of nitrogens with zero attached hydrogens (tertiary/aromatic N) is 1. The molecule has 0 radical (unpaired) electrons. The molecule has 0 unspecified atom stereocenters. The summed E-state index contributed by atoms with van der Waals surface area (Å²) in [6.45, 7) is 4.84. The molecule has 0 spiro atoms. The van der Waals surface area contributed by atoms with Crippen molar-refractivity contribution < 1.29 is 8.42 Å². The average molecular weight is 316 g/mol. The highest BCUT2D eigenvalue weighted by Crippen LogP contribution is 2.26. The quantitative estimate of drug-likeness (QED) is 0.909. The number of sulfonamides is 1. The fourth-order valence-corrected chi connectivity index (χ4v) is 5.43. The molecule has 0 bridgehead atoms. The van der Waals surface area contributed by atoms with Crippen LogP contribution >= 0.6 is 11.3 Å². The molecular formula is C14H24N2O2S2. The molecular weight excluding hydrogens is 292 g/mol. The van der Waals surface area contributed by atoms with Gasteiger partial charge in [-0.2, -0.15) is 4.31 Å². The van der Waals surface area contributed by atoms with E-state index < -0.39 is 10.0 Å². The first-order valence-corrected chi connectivity index (χ1v) is 9.75. The lowest BCUT2D eigenvalue weighted by atomic mass is 10.1. The maximum Gasteiger partial charge on any atom is 0.244 e. The van der Waals surface area contributed by atoms with E-state index >= 15 is 0 Å². The van der Waals surface area contributed by atoms with Gasteiger partial charge in [0.15, 0.2) is 0 Å². The van der Waals surface area contributed by atoms with E-state index in [1.807, 2.05) is 12.3 Å². The van der Waals surface area contributed by atoms with Crippen molar-refractivity contribution in [3.63, 3.8) is 0 Å². The SMILES string of the molecule is CCNCc1sccc1S(=O)(=O)N1CCCCCCC1. The van der Waals surface area contributed by atoms with Gasteiger partial charge < -0.3 is 5.32 Å². The zero-order valence-corrected chi connectivity index (χ0v) is 13.7. The summed E-state index contributed by atoms with van der Waals surface area (Å²) >= 11 is 1.52. The van der Waals surface area contributed by atoms with Gasteiger partial charge in [0.25, 0.3) is 0 Å². The van der Waals surface area contributed by atoms with Gasteiger partial charge >= 0.3 is 0 Å². The molecule has 1 aromatic rings. The Bertz CT molecular complexity index is 503. The van der Waals surface area contributed by atoms with Crippen LogP contribution in [-0.2, 0) is 16.6 Å². The van der Waals surface area contributed by atoms with E-state index in [-0.39, 0.29) is 0 Å². The molecule has 1 aromatic heterocycles. The van der Waals surface area contributed by atoms with Gasteiger partial charge in [0, 0.05) is 24.5 Å². The lowest BCUT2D eigenvalue weighted by molar-refractivity contribution is 0.364. The maximum absolute atomic E-state index is 12.8. The van der Waals surface area contributed by atoms with Crippen LogP contribution in [0.3, 0.4) is 0 Å². The van der Waals surface area contributed by atoms with E-state index in [1.165, 1.54) is 17.8 Å². The summed E-state index contributed by atoms with van der Waals surface area (Å²) in [7, 11) is -3.32. The minimum atomic E-state index is -3.32. The first-order valence-electron chi connectivity index (χ1n) is 7.43. The van der Waals surface area contributed by atoms with Crippen molar-refractivity contribution in [3.8, 4) is 0 Å². The summed E-state index contributed by atoms with van der Waals surface area (Å²) in [6, 6.07) is 1.76. The second-order valence-electron chi connectivity index (χ2n) is 5.16. The van der Waals surface area contributed by atoms with Crippen LogP contribution in [-0.4, -0.2) is 32.4 Å². The van der Waals surface area contributed by atoms with Crippen LogP contribution in [0.5, 0.6) is 0 Å². The summed E-state index contributed by atoms with van der Waals surface area (Å²) in [6.07, 6.45) is 5.47. The molecule has 2 heterocycles. The number of hydrogen-bond acceptors (Lipinski definition) is 4. The van der Waals surface area contributed by atoms with Crippen LogP contribution in [0.4, 0.5) is 0 Å². The molecule has 2 rings (SSSR count). The highest BCUT2D eigenvalue weighted by molar-refractivity contribution is 7.89. The van der Waals surface area contributed by atoms with Gasteiger partial charge in [0.1, 0.15) is 0 Å². The van der Waals surface area contributed by atoms with Crippen molar-refractivity contribution in [2.24, 2.45) is 0 Å². The molecule has 4 nitrogen and oxygen atoms in total. The van der Waals surface area contributed by atoms with Gasteiger partial charge in [0.2, 0.25) is 10.0 Å². The third kappa shape index (κ3) is 3.81. The third-order valence-corrected chi connectivity index (χ3v) is 6.71. The minimum absolute atomic E-state index is 0.504.